The average molecular weight is 338 g/mol. The van der Waals surface area contributed by atoms with Crippen molar-refractivity contribution >= 4 is 10.9 Å². The third-order valence-electron chi connectivity index (χ3n) is 4.40. The van der Waals surface area contributed by atoms with Crippen LogP contribution in [-0.4, -0.2) is 22.3 Å². The van der Waals surface area contributed by atoms with Crippen molar-refractivity contribution in [2.24, 2.45) is 0 Å². The van der Waals surface area contributed by atoms with Gasteiger partial charge < -0.3 is 9.47 Å². The van der Waals surface area contributed by atoms with Crippen LogP contribution < -0.4 is 20.7 Å². The van der Waals surface area contributed by atoms with Crippen LogP contribution in [0.15, 0.2) is 52.1 Å². The van der Waals surface area contributed by atoms with Crippen molar-refractivity contribution in [1.82, 2.24) is 9.13 Å². The molecular formula is C19H18N2O4. The molecule has 2 heterocycles. The fraction of sp³-hybridized carbons (Fsp3) is 0.263. The van der Waals surface area contributed by atoms with E-state index in [1.54, 1.807) is 23.6 Å². The number of aromatic nitrogens is 2. The molecule has 128 valence electrons. The van der Waals surface area contributed by atoms with Gasteiger partial charge in [0.1, 0.15) is 13.2 Å². The lowest BCUT2D eigenvalue weighted by Crippen LogP contribution is -2.39. The first-order valence-corrected chi connectivity index (χ1v) is 8.30. The quantitative estimate of drug-likeness (QED) is 0.733. The van der Waals surface area contributed by atoms with Gasteiger partial charge in [-0.1, -0.05) is 18.2 Å². The molecule has 2 aromatic carbocycles. The summed E-state index contributed by atoms with van der Waals surface area (Å²) in [5, 5.41) is 0.543. The minimum atomic E-state index is -0.305. The molecule has 0 unspecified atom stereocenters. The van der Waals surface area contributed by atoms with Gasteiger partial charge in [0.25, 0.3) is 5.56 Å². The van der Waals surface area contributed by atoms with Gasteiger partial charge in [-0.2, -0.15) is 0 Å². The molecule has 0 amide bonds. The minimum absolute atomic E-state index is 0.249. The fourth-order valence-corrected chi connectivity index (χ4v) is 3.17. The highest BCUT2D eigenvalue weighted by Crippen LogP contribution is 2.31. The van der Waals surface area contributed by atoms with Crippen molar-refractivity contribution in [3.05, 3.63) is 68.9 Å². The molecule has 0 aliphatic carbocycles. The fourth-order valence-electron chi connectivity index (χ4n) is 3.17. The Labute approximate surface area is 143 Å². The molecule has 0 atom stereocenters. The second kappa shape index (κ2) is 6.12. The van der Waals surface area contributed by atoms with E-state index in [0.717, 1.165) is 5.56 Å². The molecule has 1 aliphatic rings. The van der Waals surface area contributed by atoms with E-state index in [9.17, 15) is 9.59 Å². The lowest BCUT2D eigenvalue weighted by atomic mass is 10.1. The maximum absolute atomic E-state index is 12.8. The van der Waals surface area contributed by atoms with Gasteiger partial charge in [0.2, 0.25) is 0 Å². The van der Waals surface area contributed by atoms with E-state index < -0.39 is 0 Å². The Hall–Kier alpha value is -3.02. The van der Waals surface area contributed by atoms with Gasteiger partial charge in [0, 0.05) is 6.54 Å². The molecule has 0 bridgehead atoms. The van der Waals surface area contributed by atoms with E-state index in [0.29, 0.717) is 48.7 Å². The maximum atomic E-state index is 12.8. The molecule has 0 saturated carbocycles. The Bertz CT molecular complexity index is 1070. The monoisotopic (exact) mass is 338 g/mol. The van der Waals surface area contributed by atoms with E-state index >= 15 is 0 Å². The van der Waals surface area contributed by atoms with Gasteiger partial charge in [0.05, 0.1) is 17.4 Å². The predicted molar refractivity (Wildman–Crippen MR) is 94.7 cm³/mol. The number of hydrogen-bond acceptors (Lipinski definition) is 4. The third kappa shape index (κ3) is 2.59. The number of para-hydroxylation sites is 1. The third-order valence-corrected chi connectivity index (χ3v) is 4.40. The summed E-state index contributed by atoms with van der Waals surface area (Å²) in [5.74, 6) is 1.40. The van der Waals surface area contributed by atoms with E-state index in [1.165, 1.54) is 4.57 Å². The first kappa shape index (κ1) is 15.5. The van der Waals surface area contributed by atoms with E-state index in [-0.39, 0.29) is 11.2 Å². The van der Waals surface area contributed by atoms with Crippen LogP contribution in [0.1, 0.15) is 12.5 Å². The maximum Gasteiger partial charge on any atom is 0.331 e. The number of benzene rings is 2. The van der Waals surface area contributed by atoms with Crippen LogP contribution in [0.3, 0.4) is 0 Å². The van der Waals surface area contributed by atoms with Gasteiger partial charge in [-0.05, 0) is 36.8 Å². The summed E-state index contributed by atoms with van der Waals surface area (Å²) >= 11 is 0. The minimum Gasteiger partial charge on any atom is -0.486 e. The second-order valence-electron chi connectivity index (χ2n) is 5.91. The highest BCUT2D eigenvalue weighted by atomic mass is 16.6. The smallest absolute Gasteiger partial charge is 0.331 e. The van der Waals surface area contributed by atoms with Crippen LogP contribution in [0.4, 0.5) is 0 Å². The zero-order chi connectivity index (χ0) is 17.4. The Morgan fingerprint density at radius 2 is 1.72 bits per heavy atom. The van der Waals surface area contributed by atoms with E-state index in [4.69, 9.17) is 9.47 Å². The molecule has 0 N–H and O–H groups in total. The standard InChI is InChI=1S/C19H18N2O4/c1-2-20-18(22)14-5-3-4-6-15(14)21(19(20)23)12-13-7-8-16-17(11-13)25-10-9-24-16/h3-8,11H,2,9-10,12H2,1H3. The molecule has 6 heteroatoms. The summed E-state index contributed by atoms with van der Waals surface area (Å²) in [6, 6.07) is 12.8. The van der Waals surface area contributed by atoms with Crippen LogP contribution in [-0.2, 0) is 13.1 Å². The predicted octanol–water partition coefficient (Wildman–Crippen LogP) is 2.00. The molecule has 1 aromatic heterocycles. The Kier molecular flexibility index (Phi) is 3.80. The summed E-state index contributed by atoms with van der Waals surface area (Å²) in [4.78, 5) is 25.3. The highest BCUT2D eigenvalue weighted by Gasteiger charge is 2.15. The first-order valence-electron chi connectivity index (χ1n) is 8.30. The van der Waals surface area contributed by atoms with Crippen LogP contribution >= 0.6 is 0 Å². The largest absolute Gasteiger partial charge is 0.486 e. The molecule has 25 heavy (non-hydrogen) atoms. The highest BCUT2D eigenvalue weighted by molar-refractivity contribution is 5.77. The summed E-state index contributed by atoms with van der Waals surface area (Å²) in [6.07, 6.45) is 0. The molecule has 1 aliphatic heterocycles. The van der Waals surface area contributed by atoms with Crippen LogP contribution in [0.2, 0.25) is 0 Å². The van der Waals surface area contributed by atoms with Crippen molar-refractivity contribution in [3.8, 4) is 11.5 Å². The van der Waals surface area contributed by atoms with E-state index in [1.807, 2.05) is 30.3 Å². The number of hydrogen-bond donors (Lipinski definition) is 0. The Balaban J connectivity index is 1.87. The zero-order valence-corrected chi connectivity index (χ0v) is 13.9. The van der Waals surface area contributed by atoms with Crippen LogP contribution in [0.25, 0.3) is 10.9 Å². The van der Waals surface area contributed by atoms with Crippen molar-refractivity contribution in [3.63, 3.8) is 0 Å². The van der Waals surface area contributed by atoms with Crippen molar-refractivity contribution in [1.29, 1.82) is 0 Å². The number of rotatable bonds is 3. The summed E-state index contributed by atoms with van der Waals surface area (Å²) < 4.78 is 14.0. The molecule has 0 spiro atoms. The normalized spacial score (nSPS) is 13.2. The van der Waals surface area contributed by atoms with Gasteiger partial charge in [-0.3, -0.25) is 13.9 Å². The Morgan fingerprint density at radius 3 is 2.52 bits per heavy atom. The molecular weight excluding hydrogens is 320 g/mol. The van der Waals surface area contributed by atoms with Gasteiger partial charge in [0.15, 0.2) is 11.5 Å². The van der Waals surface area contributed by atoms with Crippen LogP contribution in [0, 0.1) is 0 Å². The van der Waals surface area contributed by atoms with Crippen LogP contribution in [0.5, 0.6) is 11.5 Å². The number of fused-ring (bicyclic) bond motifs is 2. The summed E-state index contributed by atoms with van der Waals surface area (Å²) in [5.41, 5.74) is 0.998. The lowest BCUT2D eigenvalue weighted by Gasteiger charge is -2.19. The van der Waals surface area contributed by atoms with Gasteiger partial charge in [-0.25, -0.2) is 4.79 Å². The Morgan fingerprint density at radius 1 is 0.960 bits per heavy atom. The van der Waals surface area contributed by atoms with Crippen molar-refractivity contribution < 1.29 is 9.47 Å². The molecule has 0 fully saturated rings. The van der Waals surface area contributed by atoms with Gasteiger partial charge >= 0.3 is 5.69 Å². The zero-order valence-electron chi connectivity index (χ0n) is 13.9. The molecule has 3 aromatic rings. The van der Waals surface area contributed by atoms with E-state index in [2.05, 4.69) is 0 Å². The van der Waals surface area contributed by atoms with Gasteiger partial charge in [-0.15, -0.1) is 0 Å². The SMILES string of the molecule is CCn1c(=O)c2ccccc2n(Cc2ccc3c(c2)OCCO3)c1=O. The topological polar surface area (TPSA) is 62.5 Å². The molecule has 0 radical (unpaired) electrons. The van der Waals surface area contributed by atoms with Crippen molar-refractivity contribution in [2.75, 3.05) is 13.2 Å². The number of nitrogens with zero attached hydrogens (tertiary/aromatic N) is 2. The summed E-state index contributed by atoms with van der Waals surface area (Å²) in [6.45, 7) is 3.55. The lowest BCUT2D eigenvalue weighted by molar-refractivity contribution is 0.171. The first-order chi connectivity index (χ1) is 12.2. The average Bonchev–Trinajstić information content (AvgIpc) is 2.65. The molecule has 6 nitrogen and oxygen atoms in total. The number of ether oxygens (including phenoxy) is 2. The summed E-state index contributed by atoms with van der Waals surface area (Å²) in [7, 11) is 0. The second-order valence-corrected chi connectivity index (χ2v) is 5.91. The van der Waals surface area contributed by atoms with Crippen molar-refractivity contribution in [2.45, 2.75) is 20.0 Å². The molecule has 4 rings (SSSR count). The molecule has 0 saturated heterocycles.